The van der Waals surface area contributed by atoms with Crippen LogP contribution in [-0.4, -0.2) is 49.5 Å². The van der Waals surface area contributed by atoms with Gasteiger partial charge in [-0.05, 0) is 28.9 Å². The highest BCUT2D eigenvalue weighted by molar-refractivity contribution is 9.10. The Balaban J connectivity index is 2.85. The molecule has 1 rings (SSSR count). The maximum absolute atomic E-state index is 9.19. The van der Waals surface area contributed by atoms with Crippen LogP contribution in [0.3, 0.4) is 0 Å². The molecule has 3 N–H and O–H groups in total. The SMILES string of the molecule is COCCN(CCO)C(c1cc(Br)cs1)C(C)N. The molecule has 104 valence electrons. The molecular weight excluding hydrogens is 316 g/mol. The fourth-order valence-corrected chi connectivity index (χ4v) is 3.68. The second-order valence-electron chi connectivity index (χ2n) is 4.22. The Kier molecular flexibility index (Phi) is 7.36. The summed E-state index contributed by atoms with van der Waals surface area (Å²) in [6, 6.07) is 2.21. The molecular formula is C12H21BrN2O2S. The number of aliphatic hydroxyl groups is 1. The molecule has 1 aromatic heterocycles. The lowest BCUT2D eigenvalue weighted by atomic mass is 10.1. The second kappa shape index (κ2) is 8.24. The van der Waals surface area contributed by atoms with Gasteiger partial charge in [0.1, 0.15) is 0 Å². The van der Waals surface area contributed by atoms with Crippen LogP contribution in [0.4, 0.5) is 0 Å². The summed E-state index contributed by atoms with van der Waals surface area (Å²) < 4.78 is 6.19. The summed E-state index contributed by atoms with van der Waals surface area (Å²) in [5.41, 5.74) is 6.11. The number of ether oxygens (including phenoxy) is 1. The van der Waals surface area contributed by atoms with Gasteiger partial charge >= 0.3 is 0 Å². The van der Waals surface area contributed by atoms with E-state index in [0.717, 1.165) is 11.0 Å². The molecule has 0 saturated heterocycles. The van der Waals surface area contributed by atoms with Gasteiger partial charge in [0.25, 0.3) is 0 Å². The lowest BCUT2D eigenvalue weighted by Crippen LogP contribution is -2.42. The predicted octanol–water partition coefficient (Wildman–Crippen LogP) is 1.84. The summed E-state index contributed by atoms with van der Waals surface area (Å²) in [5, 5.41) is 11.2. The van der Waals surface area contributed by atoms with Crippen molar-refractivity contribution in [3.8, 4) is 0 Å². The minimum Gasteiger partial charge on any atom is -0.395 e. The number of hydrogen-bond acceptors (Lipinski definition) is 5. The van der Waals surface area contributed by atoms with Crippen molar-refractivity contribution in [3.63, 3.8) is 0 Å². The molecule has 18 heavy (non-hydrogen) atoms. The van der Waals surface area contributed by atoms with Gasteiger partial charge < -0.3 is 15.6 Å². The number of hydrogen-bond donors (Lipinski definition) is 2. The molecule has 0 aliphatic heterocycles. The fraction of sp³-hybridized carbons (Fsp3) is 0.667. The average molecular weight is 337 g/mol. The maximum atomic E-state index is 9.19. The number of methoxy groups -OCH3 is 1. The third-order valence-corrected chi connectivity index (χ3v) is 4.50. The molecule has 0 aliphatic rings. The molecule has 6 heteroatoms. The number of aliphatic hydroxyl groups excluding tert-OH is 1. The topological polar surface area (TPSA) is 58.7 Å². The summed E-state index contributed by atoms with van der Waals surface area (Å²) in [6.45, 7) is 4.12. The van der Waals surface area contributed by atoms with Crippen LogP contribution in [0.1, 0.15) is 17.8 Å². The van der Waals surface area contributed by atoms with Crippen LogP contribution in [0.15, 0.2) is 15.9 Å². The van der Waals surface area contributed by atoms with E-state index in [0.29, 0.717) is 13.2 Å². The van der Waals surface area contributed by atoms with Crippen molar-refractivity contribution in [1.82, 2.24) is 4.90 Å². The molecule has 0 aromatic carbocycles. The smallest absolute Gasteiger partial charge is 0.0592 e. The first-order valence-electron chi connectivity index (χ1n) is 5.93. The van der Waals surface area contributed by atoms with E-state index in [1.54, 1.807) is 18.4 Å². The largest absolute Gasteiger partial charge is 0.395 e. The summed E-state index contributed by atoms with van der Waals surface area (Å²) >= 11 is 5.15. The predicted molar refractivity (Wildman–Crippen MR) is 78.9 cm³/mol. The molecule has 0 saturated carbocycles. The number of halogens is 1. The molecule has 0 radical (unpaired) electrons. The monoisotopic (exact) mass is 336 g/mol. The molecule has 2 unspecified atom stereocenters. The van der Waals surface area contributed by atoms with Crippen molar-refractivity contribution < 1.29 is 9.84 Å². The van der Waals surface area contributed by atoms with Crippen molar-refractivity contribution in [1.29, 1.82) is 0 Å². The van der Waals surface area contributed by atoms with Gasteiger partial charge in [-0.15, -0.1) is 11.3 Å². The minimum absolute atomic E-state index is 0.000967. The lowest BCUT2D eigenvalue weighted by molar-refractivity contribution is 0.0941. The summed E-state index contributed by atoms with van der Waals surface area (Å²) in [7, 11) is 1.68. The van der Waals surface area contributed by atoms with Gasteiger partial charge in [-0.3, -0.25) is 4.90 Å². The number of rotatable bonds is 8. The standard InChI is InChI=1S/C12H21BrN2O2S/c1-9(14)12(11-7-10(13)8-18-11)15(3-5-16)4-6-17-2/h7-9,12,16H,3-6,14H2,1-2H3. The normalized spacial score (nSPS) is 15.0. The summed E-state index contributed by atoms with van der Waals surface area (Å²) in [5.74, 6) is 0. The average Bonchev–Trinajstić information content (AvgIpc) is 2.72. The van der Waals surface area contributed by atoms with Crippen molar-refractivity contribution >= 4 is 27.3 Å². The minimum atomic E-state index is -0.000967. The van der Waals surface area contributed by atoms with Gasteiger partial charge in [0.15, 0.2) is 0 Å². The van der Waals surface area contributed by atoms with E-state index in [9.17, 15) is 5.11 Å². The Morgan fingerprint density at radius 3 is 2.72 bits per heavy atom. The zero-order valence-electron chi connectivity index (χ0n) is 10.8. The van der Waals surface area contributed by atoms with E-state index < -0.39 is 0 Å². The molecule has 1 heterocycles. The van der Waals surface area contributed by atoms with E-state index in [1.165, 1.54) is 4.88 Å². The Hall–Kier alpha value is 0.0200. The van der Waals surface area contributed by atoms with E-state index in [1.807, 2.05) is 6.92 Å². The Morgan fingerprint density at radius 2 is 2.28 bits per heavy atom. The Morgan fingerprint density at radius 1 is 1.56 bits per heavy atom. The molecule has 4 nitrogen and oxygen atoms in total. The van der Waals surface area contributed by atoms with Gasteiger partial charge in [0.05, 0.1) is 19.3 Å². The van der Waals surface area contributed by atoms with Crippen molar-refractivity contribution in [3.05, 3.63) is 20.8 Å². The molecule has 0 spiro atoms. The van der Waals surface area contributed by atoms with Crippen LogP contribution in [0.2, 0.25) is 0 Å². The van der Waals surface area contributed by atoms with Gasteiger partial charge in [0, 0.05) is 41.0 Å². The van der Waals surface area contributed by atoms with Crippen LogP contribution in [0.25, 0.3) is 0 Å². The van der Waals surface area contributed by atoms with Crippen LogP contribution in [-0.2, 0) is 4.74 Å². The van der Waals surface area contributed by atoms with E-state index in [2.05, 4.69) is 32.3 Å². The number of thiophene rings is 1. The first kappa shape index (κ1) is 16.1. The molecule has 0 aliphatic carbocycles. The highest BCUT2D eigenvalue weighted by Crippen LogP contribution is 2.31. The molecule has 1 aromatic rings. The summed E-state index contributed by atoms with van der Waals surface area (Å²) in [6.07, 6.45) is 0. The molecule has 0 fully saturated rings. The van der Waals surface area contributed by atoms with Crippen LogP contribution in [0.5, 0.6) is 0 Å². The number of nitrogens with two attached hydrogens (primary N) is 1. The third kappa shape index (κ3) is 4.60. The second-order valence-corrected chi connectivity index (χ2v) is 6.08. The summed E-state index contributed by atoms with van der Waals surface area (Å²) in [4.78, 5) is 3.38. The van der Waals surface area contributed by atoms with Gasteiger partial charge in [0.2, 0.25) is 0 Å². The van der Waals surface area contributed by atoms with Crippen LogP contribution in [0, 0.1) is 0 Å². The molecule has 0 bridgehead atoms. The van der Waals surface area contributed by atoms with E-state index in [4.69, 9.17) is 10.5 Å². The zero-order chi connectivity index (χ0) is 13.5. The van der Waals surface area contributed by atoms with Crippen LogP contribution < -0.4 is 5.73 Å². The quantitative estimate of drug-likeness (QED) is 0.760. The van der Waals surface area contributed by atoms with Gasteiger partial charge in [-0.25, -0.2) is 0 Å². The number of nitrogens with zero attached hydrogens (tertiary/aromatic N) is 1. The molecule has 2 atom stereocenters. The highest BCUT2D eigenvalue weighted by Gasteiger charge is 2.24. The zero-order valence-corrected chi connectivity index (χ0v) is 13.2. The molecule has 0 amide bonds. The first-order chi connectivity index (χ1) is 8.60. The van der Waals surface area contributed by atoms with Crippen molar-refractivity contribution in [2.45, 2.75) is 19.0 Å². The van der Waals surface area contributed by atoms with Crippen molar-refractivity contribution in [2.75, 3.05) is 33.4 Å². The first-order valence-corrected chi connectivity index (χ1v) is 7.60. The maximum Gasteiger partial charge on any atom is 0.0592 e. The fourth-order valence-electron chi connectivity index (χ4n) is 1.98. The van der Waals surface area contributed by atoms with E-state index >= 15 is 0 Å². The Bertz CT molecular complexity index is 347. The van der Waals surface area contributed by atoms with E-state index in [-0.39, 0.29) is 18.7 Å². The lowest BCUT2D eigenvalue weighted by Gasteiger charge is -2.33. The Labute approximate surface area is 121 Å². The third-order valence-electron chi connectivity index (χ3n) is 2.74. The van der Waals surface area contributed by atoms with Gasteiger partial charge in [-0.2, -0.15) is 0 Å². The highest BCUT2D eigenvalue weighted by atomic mass is 79.9. The van der Waals surface area contributed by atoms with Crippen LogP contribution >= 0.6 is 27.3 Å². The van der Waals surface area contributed by atoms with Gasteiger partial charge in [-0.1, -0.05) is 0 Å². The van der Waals surface area contributed by atoms with Crippen molar-refractivity contribution in [2.24, 2.45) is 5.73 Å².